The first-order valence-corrected chi connectivity index (χ1v) is 13.2. The Labute approximate surface area is 228 Å². The monoisotopic (exact) mass is 531 g/mol. The number of hydrogen-bond donors (Lipinski definition) is 4. The number of nitrogens with two attached hydrogens (primary N) is 1. The van der Waals surface area contributed by atoms with Crippen LogP contribution in [0.4, 0.5) is 4.79 Å². The number of thiocarbonyl (C=S) groups is 1. The number of likely N-dealkylation sites (N-methyl/N-ethyl adjacent to an activating group) is 1. The third-order valence-electron chi connectivity index (χ3n) is 6.96. The number of urea groups is 1. The van der Waals surface area contributed by atoms with Gasteiger partial charge in [0.1, 0.15) is 4.99 Å². The summed E-state index contributed by atoms with van der Waals surface area (Å²) in [6, 6.07) is 22.1. The van der Waals surface area contributed by atoms with Crippen LogP contribution < -0.4 is 21.7 Å². The zero-order chi connectivity index (χ0) is 27.1. The standard InChI is InChI=1S/C24H23N3O2S.C5H10N2O/c1-25-21(28)22(29)26-15-17-8-3-5-11-19(17)23(30)27-24(13-14-24)20-12-6-9-16-7-2-4-10-18(16)20;6-5(8)7-3-1-2-4-7/h2-12H,13-15H2,1H3,(H,25,28)(H,26,29)(H,27,30);1-4H2,(H2,6,8). The van der Waals surface area contributed by atoms with E-state index in [1.54, 1.807) is 4.90 Å². The molecular weight excluding hydrogens is 498 g/mol. The highest BCUT2D eigenvalue weighted by Crippen LogP contribution is 2.48. The fourth-order valence-corrected chi connectivity index (χ4v) is 5.11. The van der Waals surface area contributed by atoms with Gasteiger partial charge in [-0.1, -0.05) is 78.9 Å². The number of rotatable bonds is 5. The molecule has 0 unspecified atom stereocenters. The molecule has 5 N–H and O–H groups in total. The number of nitrogens with zero attached hydrogens (tertiary/aromatic N) is 1. The maximum Gasteiger partial charge on any atom is 0.314 e. The van der Waals surface area contributed by atoms with Crippen molar-refractivity contribution < 1.29 is 14.4 Å². The van der Waals surface area contributed by atoms with Crippen molar-refractivity contribution in [1.29, 1.82) is 0 Å². The number of fused-ring (bicyclic) bond motifs is 1. The predicted molar refractivity (Wildman–Crippen MR) is 152 cm³/mol. The Kier molecular flexibility index (Phi) is 8.58. The number of nitrogens with one attached hydrogen (secondary N) is 3. The van der Waals surface area contributed by atoms with Crippen molar-refractivity contribution in [2.75, 3.05) is 20.1 Å². The van der Waals surface area contributed by atoms with E-state index in [-0.39, 0.29) is 18.1 Å². The number of primary amides is 1. The summed E-state index contributed by atoms with van der Waals surface area (Å²) in [5, 5.41) is 11.0. The van der Waals surface area contributed by atoms with E-state index in [1.165, 1.54) is 23.4 Å². The van der Waals surface area contributed by atoms with Crippen LogP contribution >= 0.6 is 12.2 Å². The molecule has 0 atom stereocenters. The lowest BCUT2D eigenvalue weighted by Gasteiger charge is -2.23. The Hall–Kier alpha value is -3.98. The largest absolute Gasteiger partial charge is 0.366 e. The molecule has 1 aliphatic carbocycles. The predicted octanol–water partition coefficient (Wildman–Crippen LogP) is 3.32. The van der Waals surface area contributed by atoms with Gasteiger partial charge in [-0.15, -0.1) is 0 Å². The summed E-state index contributed by atoms with van der Waals surface area (Å²) in [5.41, 5.74) is 7.79. The summed E-state index contributed by atoms with van der Waals surface area (Å²) in [5.74, 6) is -1.33. The van der Waals surface area contributed by atoms with Gasteiger partial charge in [0, 0.05) is 32.2 Å². The Balaban J connectivity index is 0.000000360. The molecule has 1 heterocycles. The average Bonchev–Trinajstić information content (AvgIpc) is 3.49. The molecule has 9 heteroatoms. The van der Waals surface area contributed by atoms with Crippen LogP contribution in [-0.2, 0) is 21.7 Å². The van der Waals surface area contributed by atoms with Crippen molar-refractivity contribution >= 4 is 45.8 Å². The lowest BCUT2D eigenvalue weighted by molar-refractivity contribution is -0.139. The summed E-state index contributed by atoms with van der Waals surface area (Å²) < 4.78 is 0. The molecule has 2 fully saturated rings. The molecule has 3 aromatic carbocycles. The van der Waals surface area contributed by atoms with Crippen LogP contribution in [0.5, 0.6) is 0 Å². The Morgan fingerprint density at radius 3 is 2.24 bits per heavy atom. The van der Waals surface area contributed by atoms with E-state index in [1.807, 2.05) is 30.3 Å². The van der Waals surface area contributed by atoms with Crippen LogP contribution in [-0.4, -0.2) is 47.9 Å². The lowest BCUT2D eigenvalue weighted by atomic mass is 9.96. The first-order chi connectivity index (χ1) is 18.3. The van der Waals surface area contributed by atoms with Crippen molar-refractivity contribution in [3.05, 3.63) is 83.4 Å². The second-order valence-electron chi connectivity index (χ2n) is 9.51. The van der Waals surface area contributed by atoms with E-state index in [2.05, 4.69) is 52.3 Å². The van der Waals surface area contributed by atoms with Gasteiger partial charge in [-0.2, -0.15) is 0 Å². The van der Waals surface area contributed by atoms with Gasteiger partial charge in [-0.05, 0) is 47.6 Å². The molecule has 5 rings (SSSR count). The molecule has 8 nitrogen and oxygen atoms in total. The van der Waals surface area contributed by atoms with Crippen molar-refractivity contribution in [1.82, 2.24) is 20.9 Å². The van der Waals surface area contributed by atoms with E-state index < -0.39 is 11.8 Å². The zero-order valence-corrected chi connectivity index (χ0v) is 22.3. The summed E-state index contributed by atoms with van der Waals surface area (Å²) in [6.07, 6.45) is 4.25. The van der Waals surface area contributed by atoms with Gasteiger partial charge in [0.05, 0.1) is 5.54 Å². The number of carbonyl (C=O) groups is 3. The van der Waals surface area contributed by atoms with Crippen LogP contribution in [0.1, 0.15) is 42.4 Å². The van der Waals surface area contributed by atoms with E-state index in [0.29, 0.717) is 4.99 Å². The summed E-state index contributed by atoms with van der Waals surface area (Å²) in [4.78, 5) is 35.9. The van der Waals surface area contributed by atoms with Gasteiger partial charge in [-0.25, -0.2) is 4.79 Å². The molecular formula is C29H33N5O3S. The fraction of sp³-hybridized carbons (Fsp3) is 0.310. The average molecular weight is 532 g/mol. The van der Waals surface area contributed by atoms with Gasteiger partial charge >= 0.3 is 17.8 Å². The minimum Gasteiger partial charge on any atom is -0.366 e. The van der Waals surface area contributed by atoms with Gasteiger partial charge in [0.2, 0.25) is 0 Å². The second kappa shape index (κ2) is 12.0. The molecule has 1 aliphatic heterocycles. The van der Waals surface area contributed by atoms with Crippen LogP contribution in [0.3, 0.4) is 0 Å². The number of amides is 4. The summed E-state index contributed by atoms with van der Waals surface area (Å²) in [6.45, 7) is 1.94. The highest BCUT2D eigenvalue weighted by molar-refractivity contribution is 7.80. The molecule has 1 saturated heterocycles. The topological polar surface area (TPSA) is 117 Å². The zero-order valence-electron chi connectivity index (χ0n) is 21.5. The molecule has 0 bridgehead atoms. The molecule has 2 aliphatic rings. The van der Waals surface area contributed by atoms with E-state index in [0.717, 1.165) is 49.9 Å². The fourth-order valence-electron chi connectivity index (χ4n) is 4.72. The minimum atomic E-state index is -0.666. The van der Waals surface area contributed by atoms with Gasteiger partial charge < -0.3 is 26.6 Å². The maximum atomic E-state index is 11.8. The first kappa shape index (κ1) is 27.1. The summed E-state index contributed by atoms with van der Waals surface area (Å²) >= 11 is 5.77. The van der Waals surface area contributed by atoms with Crippen molar-refractivity contribution in [3.63, 3.8) is 0 Å². The molecule has 0 aromatic heterocycles. The van der Waals surface area contributed by atoms with Gasteiger partial charge in [0.15, 0.2) is 0 Å². The number of likely N-dealkylation sites (tertiary alicyclic amines) is 1. The van der Waals surface area contributed by atoms with Gasteiger partial charge in [-0.3, -0.25) is 9.59 Å². The molecule has 0 spiro atoms. The Bertz CT molecular complexity index is 1340. The van der Waals surface area contributed by atoms with Crippen molar-refractivity contribution in [2.45, 2.75) is 37.8 Å². The molecule has 0 radical (unpaired) electrons. The lowest BCUT2D eigenvalue weighted by Crippen LogP contribution is -2.38. The quantitative estimate of drug-likeness (QED) is 0.298. The highest BCUT2D eigenvalue weighted by Gasteiger charge is 2.46. The Morgan fingerprint density at radius 1 is 0.921 bits per heavy atom. The van der Waals surface area contributed by atoms with E-state index in [4.69, 9.17) is 18.0 Å². The van der Waals surface area contributed by atoms with E-state index in [9.17, 15) is 14.4 Å². The molecule has 38 heavy (non-hydrogen) atoms. The normalized spacial score (nSPS) is 15.1. The summed E-state index contributed by atoms with van der Waals surface area (Å²) in [7, 11) is 1.43. The van der Waals surface area contributed by atoms with Crippen LogP contribution in [0.2, 0.25) is 0 Å². The SMILES string of the molecule is CNC(=O)C(=O)NCc1ccccc1C(=S)NC1(c2cccc3ccccc23)CC1.NC(=O)N1CCCC1. The molecule has 198 valence electrons. The maximum absolute atomic E-state index is 11.8. The molecule has 1 saturated carbocycles. The van der Waals surface area contributed by atoms with Crippen LogP contribution in [0.25, 0.3) is 10.8 Å². The third-order valence-corrected chi connectivity index (χ3v) is 7.28. The number of carbonyl (C=O) groups excluding carboxylic acids is 3. The minimum absolute atomic E-state index is 0.170. The van der Waals surface area contributed by atoms with Crippen molar-refractivity contribution in [3.8, 4) is 0 Å². The number of benzene rings is 3. The highest BCUT2D eigenvalue weighted by atomic mass is 32.1. The van der Waals surface area contributed by atoms with Gasteiger partial charge in [0.25, 0.3) is 0 Å². The van der Waals surface area contributed by atoms with E-state index >= 15 is 0 Å². The third kappa shape index (κ3) is 6.28. The second-order valence-corrected chi connectivity index (χ2v) is 9.92. The van der Waals surface area contributed by atoms with Crippen LogP contribution in [0.15, 0.2) is 66.7 Å². The Morgan fingerprint density at radius 2 is 1.58 bits per heavy atom. The van der Waals surface area contributed by atoms with Crippen molar-refractivity contribution in [2.24, 2.45) is 5.73 Å². The van der Waals surface area contributed by atoms with Crippen LogP contribution in [0, 0.1) is 0 Å². The molecule has 4 amide bonds. The number of hydrogen-bond acceptors (Lipinski definition) is 4. The first-order valence-electron chi connectivity index (χ1n) is 12.8. The smallest absolute Gasteiger partial charge is 0.314 e. The molecule has 3 aromatic rings.